The van der Waals surface area contributed by atoms with Gasteiger partial charge in [-0.05, 0) is 22.0 Å². The average molecular weight is 296 g/mol. The molecule has 0 radical (unpaired) electrons. The van der Waals surface area contributed by atoms with E-state index in [1.54, 1.807) is 12.1 Å². The Hall–Kier alpha value is -2.02. The molecule has 0 saturated heterocycles. The van der Waals surface area contributed by atoms with Crippen molar-refractivity contribution >= 4 is 21.6 Å². The van der Waals surface area contributed by atoms with Gasteiger partial charge in [-0.1, -0.05) is 12.1 Å². The second kappa shape index (κ2) is 4.88. The van der Waals surface area contributed by atoms with Crippen molar-refractivity contribution in [1.29, 1.82) is 0 Å². The smallest absolute Gasteiger partial charge is 0.311 e. The van der Waals surface area contributed by atoms with Crippen molar-refractivity contribution in [2.75, 3.05) is 0 Å². The Labute approximate surface area is 105 Å². The molecule has 2 rings (SSSR count). The van der Waals surface area contributed by atoms with E-state index in [1.807, 2.05) is 0 Å². The topological polar surface area (TPSA) is 78.2 Å². The Bertz CT molecular complexity index is 562. The SMILES string of the molecule is O=[N+]([O-])c1ccccc1Oc1ccnc(Br)n1. The Kier molecular flexibility index (Phi) is 3.29. The van der Waals surface area contributed by atoms with Crippen LogP contribution in [-0.4, -0.2) is 14.9 Å². The van der Waals surface area contributed by atoms with E-state index in [0.717, 1.165) is 0 Å². The number of aromatic nitrogens is 2. The van der Waals surface area contributed by atoms with E-state index in [9.17, 15) is 10.1 Å². The molecule has 0 N–H and O–H groups in total. The van der Waals surface area contributed by atoms with Crippen LogP contribution in [0.1, 0.15) is 0 Å². The third-order valence-electron chi connectivity index (χ3n) is 1.88. The molecular weight excluding hydrogens is 290 g/mol. The molecule has 1 heterocycles. The molecule has 6 nitrogen and oxygen atoms in total. The fraction of sp³-hybridized carbons (Fsp3) is 0. The van der Waals surface area contributed by atoms with E-state index in [1.165, 1.54) is 24.4 Å². The van der Waals surface area contributed by atoms with Crippen LogP contribution in [0.15, 0.2) is 41.3 Å². The minimum atomic E-state index is -0.508. The summed E-state index contributed by atoms with van der Waals surface area (Å²) in [5, 5.41) is 10.8. The molecule has 0 atom stereocenters. The normalized spacial score (nSPS) is 9.94. The number of benzene rings is 1. The number of hydrogen-bond donors (Lipinski definition) is 0. The van der Waals surface area contributed by atoms with Gasteiger partial charge >= 0.3 is 5.69 Å². The molecule has 1 aromatic carbocycles. The predicted octanol–water partition coefficient (Wildman–Crippen LogP) is 2.94. The number of rotatable bonds is 3. The maximum atomic E-state index is 10.8. The molecule has 0 aliphatic carbocycles. The molecule has 0 unspecified atom stereocenters. The standard InChI is InChI=1S/C10H6BrN3O3/c11-10-12-6-5-9(13-10)17-8-4-2-1-3-7(8)14(15)16/h1-6H. The van der Waals surface area contributed by atoms with Crippen LogP contribution in [0, 0.1) is 10.1 Å². The van der Waals surface area contributed by atoms with Crippen LogP contribution in [0.2, 0.25) is 0 Å². The first-order chi connectivity index (χ1) is 8.16. The number of ether oxygens (including phenoxy) is 1. The summed E-state index contributed by atoms with van der Waals surface area (Å²) in [6.07, 6.45) is 1.49. The maximum absolute atomic E-state index is 10.8. The van der Waals surface area contributed by atoms with E-state index in [-0.39, 0.29) is 17.3 Å². The number of para-hydroxylation sites is 2. The van der Waals surface area contributed by atoms with E-state index in [0.29, 0.717) is 4.73 Å². The van der Waals surface area contributed by atoms with Crippen molar-refractivity contribution in [1.82, 2.24) is 9.97 Å². The quantitative estimate of drug-likeness (QED) is 0.494. The van der Waals surface area contributed by atoms with Crippen LogP contribution < -0.4 is 4.74 Å². The fourth-order valence-corrected chi connectivity index (χ4v) is 1.48. The average Bonchev–Trinajstić information content (AvgIpc) is 2.29. The molecule has 86 valence electrons. The third kappa shape index (κ3) is 2.76. The van der Waals surface area contributed by atoms with Gasteiger partial charge in [0.1, 0.15) is 0 Å². The first kappa shape index (κ1) is 11.5. The Morgan fingerprint density at radius 2 is 2.06 bits per heavy atom. The minimum absolute atomic E-state index is 0.109. The van der Waals surface area contributed by atoms with Gasteiger partial charge in [0.2, 0.25) is 11.6 Å². The highest BCUT2D eigenvalue weighted by molar-refractivity contribution is 9.10. The van der Waals surface area contributed by atoms with Crippen LogP contribution in [-0.2, 0) is 0 Å². The summed E-state index contributed by atoms with van der Waals surface area (Å²) in [6.45, 7) is 0. The van der Waals surface area contributed by atoms with Crippen molar-refractivity contribution in [3.05, 3.63) is 51.4 Å². The summed E-state index contributed by atoms with van der Waals surface area (Å²) >= 11 is 3.09. The number of nitrogens with zero attached hydrogens (tertiary/aromatic N) is 3. The summed E-state index contributed by atoms with van der Waals surface area (Å²) in [5.41, 5.74) is -0.109. The van der Waals surface area contributed by atoms with Crippen LogP contribution in [0.4, 0.5) is 5.69 Å². The molecule has 0 aliphatic heterocycles. The first-order valence-electron chi connectivity index (χ1n) is 4.56. The fourth-order valence-electron chi connectivity index (χ4n) is 1.18. The summed E-state index contributed by atoms with van der Waals surface area (Å²) in [7, 11) is 0. The van der Waals surface area contributed by atoms with Crippen molar-refractivity contribution in [3.63, 3.8) is 0 Å². The van der Waals surface area contributed by atoms with Crippen LogP contribution in [0.3, 0.4) is 0 Å². The number of nitro benzene ring substituents is 1. The Morgan fingerprint density at radius 1 is 1.29 bits per heavy atom. The van der Waals surface area contributed by atoms with Gasteiger partial charge in [0.05, 0.1) is 4.92 Å². The molecule has 0 fully saturated rings. The predicted molar refractivity (Wildman–Crippen MR) is 62.9 cm³/mol. The Morgan fingerprint density at radius 3 is 2.76 bits per heavy atom. The summed E-state index contributed by atoms with van der Waals surface area (Å²) in [4.78, 5) is 18.0. The van der Waals surface area contributed by atoms with Gasteiger partial charge < -0.3 is 4.74 Å². The maximum Gasteiger partial charge on any atom is 0.311 e. The lowest BCUT2D eigenvalue weighted by molar-refractivity contribution is -0.385. The molecule has 7 heteroatoms. The van der Waals surface area contributed by atoms with Crippen molar-refractivity contribution in [3.8, 4) is 11.6 Å². The summed E-state index contributed by atoms with van der Waals surface area (Å²) in [5.74, 6) is 0.379. The zero-order valence-corrected chi connectivity index (χ0v) is 9.99. The third-order valence-corrected chi connectivity index (χ3v) is 2.26. The Balaban J connectivity index is 2.33. The molecule has 17 heavy (non-hydrogen) atoms. The molecule has 0 amide bonds. The molecular formula is C10H6BrN3O3. The van der Waals surface area contributed by atoms with Gasteiger partial charge in [0.15, 0.2) is 4.73 Å². The molecule has 0 bridgehead atoms. The van der Waals surface area contributed by atoms with E-state index >= 15 is 0 Å². The highest BCUT2D eigenvalue weighted by Crippen LogP contribution is 2.29. The first-order valence-corrected chi connectivity index (χ1v) is 5.36. The highest BCUT2D eigenvalue weighted by atomic mass is 79.9. The number of nitro groups is 1. The summed E-state index contributed by atoms with van der Waals surface area (Å²) in [6, 6.07) is 7.61. The second-order valence-electron chi connectivity index (χ2n) is 2.99. The van der Waals surface area contributed by atoms with Gasteiger partial charge in [-0.25, -0.2) is 4.98 Å². The zero-order chi connectivity index (χ0) is 12.3. The van der Waals surface area contributed by atoms with Gasteiger partial charge in [-0.3, -0.25) is 10.1 Å². The molecule has 0 spiro atoms. The second-order valence-corrected chi connectivity index (χ2v) is 3.70. The van der Waals surface area contributed by atoms with E-state index in [4.69, 9.17) is 4.74 Å². The van der Waals surface area contributed by atoms with Gasteiger partial charge in [-0.15, -0.1) is 0 Å². The lowest BCUT2D eigenvalue weighted by Crippen LogP contribution is -1.94. The van der Waals surface area contributed by atoms with Gasteiger partial charge in [0, 0.05) is 18.3 Å². The van der Waals surface area contributed by atoms with E-state index in [2.05, 4.69) is 25.9 Å². The lowest BCUT2D eigenvalue weighted by atomic mass is 10.3. The van der Waals surface area contributed by atoms with Crippen molar-refractivity contribution in [2.45, 2.75) is 0 Å². The van der Waals surface area contributed by atoms with Crippen molar-refractivity contribution in [2.24, 2.45) is 0 Å². The lowest BCUT2D eigenvalue weighted by Gasteiger charge is -2.04. The monoisotopic (exact) mass is 295 g/mol. The minimum Gasteiger partial charge on any atom is -0.432 e. The van der Waals surface area contributed by atoms with E-state index < -0.39 is 4.92 Å². The van der Waals surface area contributed by atoms with Crippen LogP contribution in [0.5, 0.6) is 11.6 Å². The number of hydrogen-bond acceptors (Lipinski definition) is 5. The van der Waals surface area contributed by atoms with Gasteiger partial charge in [-0.2, -0.15) is 4.98 Å². The zero-order valence-electron chi connectivity index (χ0n) is 8.41. The summed E-state index contributed by atoms with van der Waals surface area (Å²) < 4.78 is 5.68. The largest absolute Gasteiger partial charge is 0.432 e. The molecule has 2 aromatic rings. The molecule has 0 saturated carbocycles. The van der Waals surface area contributed by atoms with Crippen molar-refractivity contribution < 1.29 is 9.66 Å². The van der Waals surface area contributed by atoms with Crippen LogP contribution >= 0.6 is 15.9 Å². The number of halogens is 1. The van der Waals surface area contributed by atoms with Gasteiger partial charge in [0.25, 0.3) is 0 Å². The molecule has 0 aliphatic rings. The highest BCUT2D eigenvalue weighted by Gasteiger charge is 2.14. The molecule has 1 aromatic heterocycles. The van der Waals surface area contributed by atoms with Crippen LogP contribution in [0.25, 0.3) is 0 Å².